The first-order chi connectivity index (χ1) is 15.0. The molecule has 1 heterocycles. The minimum Gasteiger partial charge on any atom is -0.378 e. The smallest absolute Gasteiger partial charge is 0.292 e. The maximum Gasteiger partial charge on any atom is 0.292 e. The van der Waals surface area contributed by atoms with E-state index in [0.717, 1.165) is 5.56 Å². The molecule has 0 radical (unpaired) electrons. The molecule has 0 unspecified atom stereocenters. The summed E-state index contributed by atoms with van der Waals surface area (Å²) in [6, 6.07) is 16.0. The second-order valence-electron chi connectivity index (χ2n) is 7.34. The number of anilines is 1. The Morgan fingerprint density at radius 1 is 1.03 bits per heavy atom. The van der Waals surface area contributed by atoms with E-state index in [0.29, 0.717) is 44.7 Å². The number of hydrogen-bond donors (Lipinski definition) is 2. The van der Waals surface area contributed by atoms with Gasteiger partial charge >= 0.3 is 0 Å². The SMILES string of the molecule is O=C(NCCNc1ccccc1[N+](=O)[O-])C1CCN(C(=O)/C=C/c2ccccc2)CC1. The summed E-state index contributed by atoms with van der Waals surface area (Å²) < 4.78 is 0. The van der Waals surface area contributed by atoms with E-state index in [9.17, 15) is 19.7 Å². The van der Waals surface area contributed by atoms with Gasteiger partial charge in [-0.05, 0) is 30.5 Å². The zero-order valence-electron chi connectivity index (χ0n) is 17.2. The molecule has 1 aliphatic heterocycles. The van der Waals surface area contributed by atoms with Crippen LogP contribution in [0, 0.1) is 16.0 Å². The van der Waals surface area contributed by atoms with E-state index < -0.39 is 4.92 Å². The number of nitro benzene ring substituents is 1. The van der Waals surface area contributed by atoms with Crippen LogP contribution in [0.25, 0.3) is 6.08 Å². The normalized spacial score (nSPS) is 14.4. The standard InChI is InChI=1S/C23H26N4O4/c28-22(11-10-18-6-2-1-3-7-18)26-16-12-19(13-17-26)23(29)25-15-14-24-20-8-4-5-9-21(20)27(30)31/h1-11,19,24H,12-17H2,(H,25,29)/b11-10+. The van der Waals surface area contributed by atoms with E-state index in [-0.39, 0.29) is 23.4 Å². The lowest BCUT2D eigenvalue weighted by molar-refractivity contribution is -0.384. The molecule has 3 rings (SSSR count). The van der Waals surface area contributed by atoms with Crippen molar-refractivity contribution in [1.29, 1.82) is 0 Å². The Labute approximate surface area is 181 Å². The molecule has 31 heavy (non-hydrogen) atoms. The predicted octanol–water partition coefficient (Wildman–Crippen LogP) is 3.07. The minimum absolute atomic E-state index is 0.00665. The van der Waals surface area contributed by atoms with Gasteiger partial charge in [-0.15, -0.1) is 0 Å². The zero-order chi connectivity index (χ0) is 22.1. The third kappa shape index (κ3) is 6.40. The molecule has 2 amide bonds. The first-order valence-electron chi connectivity index (χ1n) is 10.3. The molecular weight excluding hydrogens is 396 g/mol. The molecule has 8 heteroatoms. The Bertz CT molecular complexity index is 938. The van der Waals surface area contributed by atoms with Crippen LogP contribution in [0.15, 0.2) is 60.7 Å². The molecule has 8 nitrogen and oxygen atoms in total. The summed E-state index contributed by atoms with van der Waals surface area (Å²) in [5.74, 6) is -0.221. The molecule has 1 saturated heterocycles. The van der Waals surface area contributed by atoms with Crippen LogP contribution in [0.1, 0.15) is 18.4 Å². The second-order valence-corrected chi connectivity index (χ2v) is 7.34. The molecule has 0 aromatic heterocycles. The topological polar surface area (TPSA) is 105 Å². The molecule has 162 valence electrons. The lowest BCUT2D eigenvalue weighted by atomic mass is 9.96. The Hall–Kier alpha value is -3.68. The van der Waals surface area contributed by atoms with Crippen molar-refractivity contribution >= 4 is 29.3 Å². The number of para-hydroxylation sites is 2. The number of piperidine rings is 1. The molecule has 0 atom stereocenters. The van der Waals surface area contributed by atoms with Crippen molar-refractivity contribution in [2.75, 3.05) is 31.5 Å². The minimum atomic E-state index is -0.439. The Balaban J connectivity index is 1.38. The van der Waals surface area contributed by atoms with Gasteiger partial charge < -0.3 is 15.5 Å². The number of amides is 2. The van der Waals surface area contributed by atoms with Crippen molar-refractivity contribution in [3.63, 3.8) is 0 Å². The summed E-state index contributed by atoms with van der Waals surface area (Å²) in [5.41, 5.74) is 1.41. The lowest BCUT2D eigenvalue weighted by Crippen LogP contribution is -2.43. The van der Waals surface area contributed by atoms with Crippen molar-refractivity contribution in [3.05, 3.63) is 76.4 Å². The molecule has 1 aliphatic rings. The van der Waals surface area contributed by atoms with Gasteiger partial charge in [-0.2, -0.15) is 0 Å². The molecule has 2 aromatic carbocycles. The van der Waals surface area contributed by atoms with E-state index in [2.05, 4.69) is 10.6 Å². The molecule has 0 spiro atoms. The van der Waals surface area contributed by atoms with E-state index in [1.165, 1.54) is 6.07 Å². The number of nitrogens with zero attached hydrogens (tertiary/aromatic N) is 2. The van der Waals surface area contributed by atoms with Crippen LogP contribution in [0.2, 0.25) is 0 Å². The van der Waals surface area contributed by atoms with Crippen molar-refractivity contribution in [2.24, 2.45) is 5.92 Å². The first kappa shape index (κ1) is 22.0. The van der Waals surface area contributed by atoms with Gasteiger partial charge in [0.15, 0.2) is 0 Å². The summed E-state index contributed by atoms with van der Waals surface area (Å²) in [6.45, 7) is 1.84. The third-order valence-electron chi connectivity index (χ3n) is 5.24. The summed E-state index contributed by atoms with van der Waals surface area (Å²) >= 11 is 0. The van der Waals surface area contributed by atoms with Gasteiger partial charge in [-0.1, -0.05) is 42.5 Å². The summed E-state index contributed by atoms with van der Waals surface area (Å²) in [5, 5.41) is 16.9. The van der Waals surface area contributed by atoms with Gasteiger partial charge in [0.2, 0.25) is 11.8 Å². The molecule has 1 fully saturated rings. The number of rotatable bonds is 8. The number of nitrogens with one attached hydrogen (secondary N) is 2. The van der Waals surface area contributed by atoms with Crippen LogP contribution in [-0.2, 0) is 9.59 Å². The maximum atomic E-state index is 12.4. The van der Waals surface area contributed by atoms with Gasteiger partial charge in [0.05, 0.1) is 4.92 Å². The monoisotopic (exact) mass is 422 g/mol. The number of carbonyl (C=O) groups is 2. The van der Waals surface area contributed by atoms with Crippen LogP contribution < -0.4 is 10.6 Å². The lowest BCUT2D eigenvalue weighted by Gasteiger charge is -2.30. The van der Waals surface area contributed by atoms with Crippen LogP contribution in [0.5, 0.6) is 0 Å². The van der Waals surface area contributed by atoms with Gasteiger partial charge in [0.25, 0.3) is 5.69 Å². The van der Waals surface area contributed by atoms with Crippen molar-refractivity contribution in [2.45, 2.75) is 12.8 Å². The van der Waals surface area contributed by atoms with Gasteiger partial charge in [0.1, 0.15) is 5.69 Å². The number of hydrogen-bond acceptors (Lipinski definition) is 5. The van der Waals surface area contributed by atoms with Crippen molar-refractivity contribution < 1.29 is 14.5 Å². The fraction of sp³-hybridized carbons (Fsp3) is 0.304. The highest BCUT2D eigenvalue weighted by Gasteiger charge is 2.26. The molecule has 0 saturated carbocycles. The molecule has 0 aliphatic carbocycles. The zero-order valence-corrected chi connectivity index (χ0v) is 17.2. The number of likely N-dealkylation sites (tertiary alicyclic amines) is 1. The summed E-state index contributed by atoms with van der Waals surface area (Å²) in [7, 11) is 0. The van der Waals surface area contributed by atoms with Crippen LogP contribution >= 0.6 is 0 Å². The quantitative estimate of drug-likeness (QED) is 0.294. The van der Waals surface area contributed by atoms with Gasteiger partial charge in [-0.25, -0.2) is 0 Å². The summed E-state index contributed by atoms with van der Waals surface area (Å²) in [4.78, 5) is 37.1. The van der Waals surface area contributed by atoms with Crippen molar-refractivity contribution in [1.82, 2.24) is 10.2 Å². The van der Waals surface area contributed by atoms with E-state index in [1.54, 1.807) is 35.3 Å². The highest BCUT2D eigenvalue weighted by Crippen LogP contribution is 2.22. The highest BCUT2D eigenvalue weighted by atomic mass is 16.6. The average molecular weight is 422 g/mol. The van der Waals surface area contributed by atoms with E-state index in [4.69, 9.17) is 0 Å². The summed E-state index contributed by atoms with van der Waals surface area (Å²) in [6.07, 6.45) is 4.61. The highest BCUT2D eigenvalue weighted by molar-refractivity contribution is 5.92. The Morgan fingerprint density at radius 3 is 2.42 bits per heavy atom. The van der Waals surface area contributed by atoms with Gasteiger partial charge in [-0.3, -0.25) is 19.7 Å². The fourth-order valence-electron chi connectivity index (χ4n) is 3.51. The Morgan fingerprint density at radius 2 is 1.71 bits per heavy atom. The van der Waals surface area contributed by atoms with Crippen LogP contribution in [0.4, 0.5) is 11.4 Å². The number of carbonyl (C=O) groups excluding carboxylic acids is 2. The van der Waals surface area contributed by atoms with E-state index in [1.807, 2.05) is 30.3 Å². The second kappa shape index (κ2) is 10.9. The van der Waals surface area contributed by atoms with Gasteiger partial charge in [0, 0.05) is 44.2 Å². The molecule has 2 aromatic rings. The number of benzene rings is 2. The first-order valence-corrected chi connectivity index (χ1v) is 10.3. The average Bonchev–Trinajstić information content (AvgIpc) is 2.81. The molecule has 2 N–H and O–H groups in total. The molecular formula is C23H26N4O4. The van der Waals surface area contributed by atoms with E-state index >= 15 is 0 Å². The largest absolute Gasteiger partial charge is 0.378 e. The fourth-order valence-corrected chi connectivity index (χ4v) is 3.51. The predicted molar refractivity (Wildman–Crippen MR) is 119 cm³/mol. The maximum absolute atomic E-state index is 12.4. The number of nitro groups is 1. The Kier molecular flexibility index (Phi) is 7.75. The van der Waals surface area contributed by atoms with Crippen molar-refractivity contribution in [3.8, 4) is 0 Å². The molecule has 0 bridgehead atoms. The van der Waals surface area contributed by atoms with Crippen LogP contribution in [-0.4, -0.2) is 47.8 Å². The third-order valence-corrected chi connectivity index (χ3v) is 5.24. The van der Waals surface area contributed by atoms with Crippen LogP contribution in [0.3, 0.4) is 0 Å².